The number of aromatic nitrogens is 2. The molecule has 5 heteroatoms. The Balaban J connectivity index is 1.32. The highest BCUT2D eigenvalue weighted by atomic mass is 15.1. The highest BCUT2D eigenvalue weighted by Crippen LogP contribution is 2.43. The third kappa shape index (κ3) is 5.85. The first kappa shape index (κ1) is 31.6. The van der Waals surface area contributed by atoms with Crippen molar-refractivity contribution in [3.63, 3.8) is 0 Å². The molecule has 0 saturated heterocycles. The van der Waals surface area contributed by atoms with E-state index in [9.17, 15) is 5.26 Å². The maximum Gasteiger partial charge on any atom is 0.0998 e. The topological polar surface area (TPSA) is 48.1 Å². The van der Waals surface area contributed by atoms with E-state index in [0.717, 1.165) is 72.7 Å². The minimum atomic E-state index is 0.619. The number of hydrogen-bond acceptors (Lipinski definition) is 4. The summed E-state index contributed by atoms with van der Waals surface area (Å²) in [5.41, 5.74) is 12.0. The highest BCUT2D eigenvalue weighted by Gasteiger charge is 2.20. The molecule has 0 amide bonds. The van der Waals surface area contributed by atoms with Gasteiger partial charge < -0.3 is 14.4 Å². The summed E-state index contributed by atoms with van der Waals surface area (Å²) in [5.74, 6) is 0. The lowest BCUT2D eigenvalue weighted by molar-refractivity contribution is 1.18. The summed E-state index contributed by atoms with van der Waals surface area (Å²) < 4.78 is 2.31. The van der Waals surface area contributed by atoms with Crippen LogP contribution in [0.1, 0.15) is 5.56 Å². The van der Waals surface area contributed by atoms with E-state index < -0.39 is 0 Å². The van der Waals surface area contributed by atoms with Crippen LogP contribution in [-0.4, -0.2) is 9.55 Å². The molecule has 2 aromatic heterocycles. The Morgan fingerprint density at radius 2 is 0.868 bits per heavy atom. The van der Waals surface area contributed by atoms with Crippen molar-refractivity contribution in [1.29, 1.82) is 5.26 Å². The van der Waals surface area contributed by atoms with Gasteiger partial charge in [-0.15, -0.1) is 0 Å². The highest BCUT2D eigenvalue weighted by molar-refractivity contribution is 6.12. The van der Waals surface area contributed by atoms with E-state index in [1.807, 2.05) is 48.5 Å². The first-order valence-electron chi connectivity index (χ1n) is 17.6. The van der Waals surface area contributed by atoms with Crippen LogP contribution in [0, 0.1) is 11.3 Å². The van der Waals surface area contributed by atoms with Gasteiger partial charge in [0.15, 0.2) is 0 Å². The summed E-state index contributed by atoms with van der Waals surface area (Å²) in [7, 11) is 0. The zero-order valence-electron chi connectivity index (χ0n) is 28.8. The van der Waals surface area contributed by atoms with E-state index in [2.05, 4.69) is 165 Å². The van der Waals surface area contributed by atoms with Crippen LogP contribution in [0.4, 0.5) is 34.1 Å². The molecule has 0 atom stereocenters. The maximum atomic E-state index is 10.1. The second kappa shape index (κ2) is 13.7. The van der Waals surface area contributed by atoms with Gasteiger partial charge in [-0.3, -0.25) is 4.98 Å². The summed E-state index contributed by atoms with van der Waals surface area (Å²) in [4.78, 5) is 8.82. The van der Waals surface area contributed by atoms with Gasteiger partial charge in [-0.2, -0.15) is 5.26 Å². The quantitative estimate of drug-likeness (QED) is 0.160. The maximum absolute atomic E-state index is 10.1. The smallest absolute Gasteiger partial charge is 0.0998 e. The van der Waals surface area contributed by atoms with Crippen molar-refractivity contribution in [3.05, 3.63) is 206 Å². The fourth-order valence-corrected chi connectivity index (χ4v) is 7.30. The molecule has 0 aliphatic heterocycles. The van der Waals surface area contributed by atoms with Crippen LogP contribution in [0.25, 0.3) is 38.6 Å². The van der Waals surface area contributed by atoms with Gasteiger partial charge in [-0.25, -0.2) is 0 Å². The summed E-state index contributed by atoms with van der Waals surface area (Å²) in [6.45, 7) is 0. The number of nitriles is 1. The van der Waals surface area contributed by atoms with E-state index in [1.54, 1.807) is 12.4 Å². The lowest BCUT2D eigenvalue weighted by Gasteiger charge is -2.26. The molecule has 0 aliphatic carbocycles. The predicted octanol–water partition coefficient (Wildman–Crippen LogP) is 12.7. The van der Waals surface area contributed by atoms with Gasteiger partial charge in [0.2, 0.25) is 0 Å². The molecule has 0 radical (unpaired) electrons. The van der Waals surface area contributed by atoms with Crippen LogP contribution in [0.3, 0.4) is 0 Å². The van der Waals surface area contributed by atoms with Crippen molar-refractivity contribution < 1.29 is 0 Å². The molecule has 7 aromatic carbocycles. The van der Waals surface area contributed by atoms with Gasteiger partial charge in [0, 0.05) is 68.5 Å². The number of benzene rings is 7. The Kier molecular flexibility index (Phi) is 8.16. The molecule has 0 spiro atoms. The number of rotatable bonds is 8. The van der Waals surface area contributed by atoms with E-state index in [4.69, 9.17) is 0 Å². The average molecular weight is 680 g/mol. The van der Waals surface area contributed by atoms with Gasteiger partial charge in [-0.1, -0.05) is 72.8 Å². The second-order valence-electron chi connectivity index (χ2n) is 12.8. The molecule has 0 saturated carbocycles. The molecule has 0 bridgehead atoms. The largest absolute Gasteiger partial charge is 0.310 e. The molecule has 0 aliphatic rings. The SMILES string of the molecule is N#Cc1ccc(-n2c3ccc(N(c4ccccc4)c4ccccc4)cc3c3cc(N(c4ccccc4)c4ccccc4)ccc32)cc1-c1ccncc1. The Hall–Kier alpha value is -7.42. The summed E-state index contributed by atoms with van der Waals surface area (Å²) >= 11 is 0. The molecule has 250 valence electrons. The fraction of sp³-hybridized carbons (Fsp3) is 0. The lowest BCUT2D eigenvalue weighted by atomic mass is 10.0. The van der Waals surface area contributed by atoms with Crippen molar-refractivity contribution >= 4 is 55.9 Å². The van der Waals surface area contributed by atoms with Crippen molar-refractivity contribution in [2.45, 2.75) is 0 Å². The minimum absolute atomic E-state index is 0.619. The monoisotopic (exact) mass is 679 g/mol. The van der Waals surface area contributed by atoms with Crippen molar-refractivity contribution in [2.24, 2.45) is 0 Å². The zero-order chi connectivity index (χ0) is 35.6. The van der Waals surface area contributed by atoms with Crippen molar-refractivity contribution in [3.8, 4) is 22.9 Å². The number of fused-ring (bicyclic) bond motifs is 3. The van der Waals surface area contributed by atoms with E-state index in [1.165, 1.54) is 0 Å². The predicted molar refractivity (Wildman–Crippen MR) is 218 cm³/mol. The van der Waals surface area contributed by atoms with Crippen molar-refractivity contribution in [1.82, 2.24) is 9.55 Å². The third-order valence-corrected chi connectivity index (χ3v) is 9.68. The first-order valence-corrected chi connectivity index (χ1v) is 17.6. The summed E-state index contributed by atoms with van der Waals surface area (Å²) in [5, 5.41) is 12.3. The van der Waals surface area contributed by atoms with Gasteiger partial charge in [0.1, 0.15) is 0 Å². The van der Waals surface area contributed by atoms with Crippen LogP contribution in [0.2, 0.25) is 0 Å². The number of nitrogens with zero attached hydrogens (tertiary/aromatic N) is 5. The van der Waals surface area contributed by atoms with Gasteiger partial charge in [0.05, 0.1) is 22.7 Å². The van der Waals surface area contributed by atoms with Crippen LogP contribution < -0.4 is 9.80 Å². The summed E-state index contributed by atoms with van der Waals surface area (Å²) in [6, 6.07) is 67.8. The molecule has 5 nitrogen and oxygen atoms in total. The second-order valence-corrected chi connectivity index (χ2v) is 12.8. The lowest BCUT2D eigenvalue weighted by Crippen LogP contribution is -2.09. The van der Waals surface area contributed by atoms with E-state index >= 15 is 0 Å². The Morgan fingerprint density at radius 1 is 0.434 bits per heavy atom. The average Bonchev–Trinajstić information content (AvgIpc) is 3.56. The van der Waals surface area contributed by atoms with Crippen LogP contribution in [0.15, 0.2) is 200 Å². The zero-order valence-corrected chi connectivity index (χ0v) is 28.8. The van der Waals surface area contributed by atoms with E-state index in [0.29, 0.717) is 5.56 Å². The Labute approximate surface area is 308 Å². The molecule has 9 rings (SSSR count). The van der Waals surface area contributed by atoms with Crippen LogP contribution in [0.5, 0.6) is 0 Å². The first-order chi connectivity index (χ1) is 26.3. The molecule has 2 heterocycles. The van der Waals surface area contributed by atoms with Crippen LogP contribution in [-0.2, 0) is 0 Å². The number of para-hydroxylation sites is 4. The summed E-state index contributed by atoms with van der Waals surface area (Å²) in [6.07, 6.45) is 3.53. The number of anilines is 6. The van der Waals surface area contributed by atoms with Crippen molar-refractivity contribution in [2.75, 3.05) is 9.80 Å². The molecule has 0 unspecified atom stereocenters. The standard InChI is InChI=1S/C48H33N5/c49-34-36-21-22-43(31-44(36)35-27-29-50-30-28-35)53-47-25-23-41(51(37-13-5-1-6-14-37)38-15-7-2-8-16-38)32-45(47)46-33-42(24-26-48(46)53)52(39-17-9-3-10-18-39)40-19-11-4-12-20-40/h1-33H. The minimum Gasteiger partial charge on any atom is -0.310 e. The van der Waals surface area contributed by atoms with Gasteiger partial charge in [0.25, 0.3) is 0 Å². The fourth-order valence-electron chi connectivity index (χ4n) is 7.30. The number of pyridine rings is 1. The molecule has 9 aromatic rings. The number of hydrogen-bond donors (Lipinski definition) is 0. The van der Waals surface area contributed by atoms with Crippen LogP contribution >= 0.6 is 0 Å². The Morgan fingerprint density at radius 3 is 1.28 bits per heavy atom. The normalized spacial score (nSPS) is 11.0. The molecule has 53 heavy (non-hydrogen) atoms. The van der Waals surface area contributed by atoms with Gasteiger partial charge >= 0.3 is 0 Å². The molecule has 0 fully saturated rings. The molecular weight excluding hydrogens is 647 g/mol. The third-order valence-electron chi connectivity index (χ3n) is 9.68. The Bertz CT molecular complexity index is 2500. The van der Waals surface area contributed by atoms with E-state index in [-0.39, 0.29) is 0 Å². The van der Waals surface area contributed by atoms with Gasteiger partial charge in [-0.05, 0) is 121 Å². The molecular formula is C48H33N5. The molecule has 0 N–H and O–H groups in total.